The van der Waals surface area contributed by atoms with Crippen molar-refractivity contribution in [1.29, 1.82) is 0 Å². The predicted octanol–water partition coefficient (Wildman–Crippen LogP) is 1.68. The van der Waals surface area contributed by atoms with Crippen molar-refractivity contribution in [1.82, 2.24) is 0 Å². The summed E-state index contributed by atoms with van der Waals surface area (Å²) >= 11 is 1.40. The first-order valence-corrected chi connectivity index (χ1v) is 10.9. The molecule has 2 heterocycles. The van der Waals surface area contributed by atoms with Gasteiger partial charge in [0.25, 0.3) is 0 Å². The van der Waals surface area contributed by atoms with Crippen molar-refractivity contribution in [2.75, 3.05) is 0 Å². The van der Waals surface area contributed by atoms with Gasteiger partial charge in [-0.25, -0.2) is 0 Å². The number of ether oxygens (including phenoxy) is 1. The molecule has 0 aliphatic carbocycles. The maximum absolute atomic E-state index is 13.7. The van der Waals surface area contributed by atoms with Gasteiger partial charge in [0.15, 0.2) is 6.10 Å². The van der Waals surface area contributed by atoms with E-state index >= 15 is 0 Å². The zero-order chi connectivity index (χ0) is 21.2. The van der Waals surface area contributed by atoms with Crippen LogP contribution in [-0.2, 0) is 19.6 Å². The maximum atomic E-state index is 13.7. The molecule has 6 unspecified atom stereocenters. The van der Waals surface area contributed by atoms with Crippen LogP contribution < -0.4 is 0 Å². The molecule has 0 aromatic heterocycles. The van der Waals surface area contributed by atoms with Gasteiger partial charge < -0.3 is 14.9 Å². The summed E-state index contributed by atoms with van der Waals surface area (Å²) in [5, 5.41) is 15.8. The number of carbonyl (C=O) groups is 1. The highest BCUT2D eigenvalue weighted by molar-refractivity contribution is 8.01. The molecule has 2 fully saturated rings. The average molecular weight is 433 g/mol. The number of thioether (sulfide) groups is 1. The quantitative estimate of drug-likeness (QED) is 0.428. The zero-order valence-corrected chi connectivity index (χ0v) is 17.4. The number of carbonyl (C=O) groups excluding carboxylic acids is 1. The third-order valence-corrected chi connectivity index (χ3v) is 8.19. The minimum Gasteiger partial charge on any atom is -0.455 e. The molecule has 6 atom stereocenters. The van der Waals surface area contributed by atoms with Gasteiger partial charge >= 0.3 is 21.3 Å². The summed E-state index contributed by atoms with van der Waals surface area (Å²) in [7, 11) is -5.73. The van der Waals surface area contributed by atoms with E-state index in [0.717, 1.165) is 0 Å². The molecule has 2 rings (SSSR count). The molecule has 2 bridgehead atoms. The number of hydrogen-bond donors (Lipinski definition) is 3. The van der Waals surface area contributed by atoms with Crippen LogP contribution in [-0.4, -0.2) is 62.2 Å². The second-order valence-electron chi connectivity index (χ2n) is 8.46. The fourth-order valence-electron chi connectivity index (χ4n) is 4.24. The lowest BCUT2D eigenvalue weighted by Gasteiger charge is -2.45. The van der Waals surface area contributed by atoms with Crippen LogP contribution in [0.2, 0.25) is 0 Å². The fourth-order valence-corrected chi connectivity index (χ4v) is 7.19. The number of halogens is 2. The summed E-state index contributed by atoms with van der Waals surface area (Å²) in [5.41, 5.74) is -2.35. The molecular formula is C16H26F2O7S2. The van der Waals surface area contributed by atoms with Gasteiger partial charge in [0.2, 0.25) is 0 Å². The highest BCUT2D eigenvalue weighted by atomic mass is 32.2. The van der Waals surface area contributed by atoms with E-state index in [1.165, 1.54) is 11.8 Å². The molecule has 0 amide bonds. The normalized spacial score (nSPS) is 33.2. The average Bonchev–Trinajstić information content (AvgIpc) is 3.02. The first kappa shape index (κ1) is 22.8. The van der Waals surface area contributed by atoms with Crippen molar-refractivity contribution in [2.45, 2.75) is 74.1 Å². The van der Waals surface area contributed by atoms with Crippen LogP contribution in [0.15, 0.2) is 0 Å². The Morgan fingerprint density at radius 1 is 1.15 bits per heavy atom. The molecule has 2 saturated heterocycles. The first-order chi connectivity index (χ1) is 11.9. The molecule has 2 aliphatic heterocycles. The Labute approximate surface area is 161 Å². The van der Waals surface area contributed by atoms with Gasteiger partial charge in [-0.15, -0.1) is 0 Å². The third kappa shape index (κ3) is 4.12. The van der Waals surface area contributed by atoms with E-state index < -0.39 is 55.7 Å². The number of alkyl halides is 2. The van der Waals surface area contributed by atoms with Crippen LogP contribution in [0.5, 0.6) is 0 Å². The summed E-state index contributed by atoms with van der Waals surface area (Å²) in [4.78, 5) is 12.5. The Kier molecular flexibility index (Phi) is 5.73. The summed E-state index contributed by atoms with van der Waals surface area (Å²) < 4.78 is 62.2. The lowest BCUT2D eigenvalue weighted by Crippen LogP contribution is -2.54. The molecule has 0 aromatic carbocycles. The van der Waals surface area contributed by atoms with Crippen LogP contribution >= 0.6 is 11.8 Å². The van der Waals surface area contributed by atoms with Crippen molar-refractivity contribution in [3.05, 3.63) is 0 Å². The van der Waals surface area contributed by atoms with E-state index in [4.69, 9.17) is 4.55 Å². The second kappa shape index (κ2) is 6.79. The van der Waals surface area contributed by atoms with Crippen molar-refractivity contribution in [3.8, 4) is 0 Å². The number of esters is 1. The van der Waals surface area contributed by atoms with Crippen molar-refractivity contribution in [2.24, 2.45) is 17.8 Å². The molecule has 3 N–H and O–H groups in total. The monoisotopic (exact) mass is 432 g/mol. The smallest absolute Gasteiger partial charge is 0.405 e. The van der Waals surface area contributed by atoms with Gasteiger partial charge in [-0.3, -0.25) is 9.35 Å². The predicted molar refractivity (Wildman–Crippen MR) is 94.9 cm³/mol. The SMILES string of the molecule is CC(OC(=O)C1CC2SC1C(C(C)(C)O)C2C(C)(C)O)C(F)(F)S(=O)(=O)O. The molecule has 7 nitrogen and oxygen atoms in total. The van der Waals surface area contributed by atoms with E-state index in [0.29, 0.717) is 6.92 Å². The Bertz CT molecular complexity index is 697. The van der Waals surface area contributed by atoms with Crippen molar-refractivity contribution in [3.63, 3.8) is 0 Å². The molecule has 158 valence electrons. The van der Waals surface area contributed by atoms with Crippen molar-refractivity contribution >= 4 is 27.8 Å². The van der Waals surface area contributed by atoms with E-state index in [-0.39, 0.29) is 17.6 Å². The van der Waals surface area contributed by atoms with Crippen LogP contribution in [0, 0.1) is 17.8 Å². The Morgan fingerprint density at radius 2 is 1.63 bits per heavy atom. The molecule has 0 aromatic rings. The van der Waals surface area contributed by atoms with Gasteiger partial charge in [-0.1, -0.05) is 0 Å². The largest absolute Gasteiger partial charge is 0.455 e. The Morgan fingerprint density at radius 3 is 2.04 bits per heavy atom. The summed E-state index contributed by atoms with van der Waals surface area (Å²) in [6, 6.07) is 0. The van der Waals surface area contributed by atoms with Gasteiger partial charge in [0.05, 0.1) is 17.1 Å². The van der Waals surface area contributed by atoms with Crippen molar-refractivity contribution < 1.29 is 41.5 Å². The van der Waals surface area contributed by atoms with Gasteiger partial charge in [0.1, 0.15) is 0 Å². The lowest BCUT2D eigenvalue weighted by molar-refractivity contribution is -0.168. The number of rotatable bonds is 6. The Balaban J connectivity index is 2.22. The number of fused-ring (bicyclic) bond motifs is 2. The molecule has 2 aliphatic rings. The third-order valence-electron chi connectivity index (χ3n) is 5.40. The highest BCUT2D eigenvalue weighted by Crippen LogP contribution is 2.61. The minimum absolute atomic E-state index is 0.179. The second-order valence-corrected chi connectivity index (χ2v) is 11.4. The minimum atomic E-state index is -5.73. The summed E-state index contributed by atoms with van der Waals surface area (Å²) in [6.07, 6.45) is -2.10. The molecule has 0 spiro atoms. The van der Waals surface area contributed by atoms with Crippen LogP contribution in [0.25, 0.3) is 0 Å². The van der Waals surface area contributed by atoms with Gasteiger partial charge in [0, 0.05) is 22.3 Å². The maximum Gasteiger partial charge on any atom is 0.405 e. The van der Waals surface area contributed by atoms with Crippen LogP contribution in [0.1, 0.15) is 41.0 Å². The fraction of sp³-hybridized carbons (Fsp3) is 0.938. The van der Waals surface area contributed by atoms with Gasteiger partial charge in [-0.2, -0.15) is 29.0 Å². The van der Waals surface area contributed by atoms with Crippen LogP contribution in [0.4, 0.5) is 8.78 Å². The van der Waals surface area contributed by atoms with E-state index in [9.17, 15) is 32.2 Å². The molecule has 11 heteroatoms. The molecule has 27 heavy (non-hydrogen) atoms. The van der Waals surface area contributed by atoms with E-state index in [1.54, 1.807) is 27.7 Å². The van der Waals surface area contributed by atoms with Gasteiger partial charge in [-0.05, 0) is 41.0 Å². The molecule has 0 radical (unpaired) electrons. The molecule has 0 saturated carbocycles. The first-order valence-electron chi connectivity index (χ1n) is 8.54. The zero-order valence-electron chi connectivity index (χ0n) is 15.7. The standard InChI is InChI=1S/C16H26F2O7S2/c1-7(16(17,18)27(22,23)24)25-13(19)8-6-9-10(14(2,3)20)11(12(8)26-9)15(4,5)21/h7-12,20-21H,6H2,1-5H3,(H,22,23,24). The lowest BCUT2D eigenvalue weighted by atomic mass is 9.63. The number of hydrogen-bond acceptors (Lipinski definition) is 7. The van der Waals surface area contributed by atoms with E-state index in [2.05, 4.69) is 4.74 Å². The summed E-state index contributed by atoms with van der Waals surface area (Å²) in [5.74, 6) is -2.63. The summed E-state index contributed by atoms with van der Waals surface area (Å²) in [6.45, 7) is 7.07. The van der Waals surface area contributed by atoms with Crippen LogP contribution in [0.3, 0.4) is 0 Å². The number of aliphatic hydroxyl groups is 2. The topological polar surface area (TPSA) is 121 Å². The molecular weight excluding hydrogens is 406 g/mol. The Hall–Kier alpha value is -0.490. The highest BCUT2D eigenvalue weighted by Gasteiger charge is 2.63. The van der Waals surface area contributed by atoms with E-state index in [1.807, 2.05) is 0 Å².